The molecule has 0 fully saturated rings. The highest BCUT2D eigenvalue weighted by molar-refractivity contribution is 5.95. The van der Waals surface area contributed by atoms with Gasteiger partial charge in [0.25, 0.3) is 0 Å². The zero-order chi connectivity index (χ0) is 9.14. The van der Waals surface area contributed by atoms with Gasteiger partial charge in [0.05, 0.1) is 7.11 Å². The Kier molecular flexibility index (Phi) is 2.11. The maximum Gasteiger partial charge on any atom is 0.515 e. The van der Waals surface area contributed by atoms with Gasteiger partial charge in [-0.1, -0.05) is 0 Å². The van der Waals surface area contributed by atoms with E-state index >= 15 is 0 Å². The van der Waals surface area contributed by atoms with Gasteiger partial charge in [-0.15, -0.1) is 4.79 Å². The highest BCUT2D eigenvalue weighted by Crippen LogP contribution is 2.09. The largest absolute Gasteiger partial charge is 0.515 e. The van der Waals surface area contributed by atoms with Crippen LogP contribution in [0.15, 0.2) is 4.52 Å². The molecular formula is C6H7N3O3. The molecule has 0 saturated carbocycles. The monoisotopic (exact) mass is 169 g/mol. The van der Waals surface area contributed by atoms with Crippen molar-refractivity contribution in [3.8, 4) is 5.88 Å². The van der Waals surface area contributed by atoms with Crippen molar-refractivity contribution in [3.63, 3.8) is 0 Å². The number of Topliss-reactive ketones (excluding diaryl/α,β-unsaturated/α-hetero) is 1. The zero-order valence-electron chi connectivity index (χ0n) is 6.62. The molecule has 1 aromatic rings. The Hall–Kier alpha value is -1.81. The number of hydrogen-bond acceptors (Lipinski definition) is 3. The van der Waals surface area contributed by atoms with Crippen LogP contribution in [0.5, 0.6) is 5.88 Å². The summed E-state index contributed by atoms with van der Waals surface area (Å²) >= 11 is 0. The summed E-state index contributed by atoms with van der Waals surface area (Å²) in [6.07, 6.45) is 0. The number of ketones is 1. The van der Waals surface area contributed by atoms with E-state index in [1.165, 1.54) is 14.0 Å². The Labute approximate surface area is 67.3 Å². The number of ether oxygens (including phenoxy) is 1. The summed E-state index contributed by atoms with van der Waals surface area (Å²) in [6.45, 7) is 1.32. The molecular weight excluding hydrogens is 162 g/mol. The van der Waals surface area contributed by atoms with Gasteiger partial charge in [-0.3, -0.25) is 4.79 Å². The van der Waals surface area contributed by atoms with Crippen LogP contribution in [0.3, 0.4) is 0 Å². The Morgan fingerprint density at radius 1 is 1.75 bits per heavy atom. The number of aromatic nitrogens is 1. The summed E-state index contributed by atoms with van der Waals surface area (Å²) < 4.78 is 9.36. The number of aromatic amines is 1. The lowest BCUT2D eigenvalue weighted by atomic mass is 10.2. The molecule has 0 radical (unpaired) electrons. The van der Waals surface area contributed by atoms with Gasteiger partial charge in [-0.25, -0.2) is 0 Å². The number of H-pyrrole nitrogens is 1. The molecule has 64 valence electrons. The van der Waals surface area contributed by atoms with Crippen molar-refractivity contribution in [1.29, 1.82) is 0 Å². The number of hydrogen-bond donors (Lipinski definition) is 1. The first-order chi connectivity index (χ1) is 5.70. The molecule has 0 amide bonds. The van der Waals surface area contributed by atoms with Gasteiger partial charge in [0.15, 0.2) is 5.78 Å². The third kappa shape index (κ3) is 1.15. The molecule has 6 nitrogen and oxygen atoms in total. The number of carbonyl (C=O) groups excluding carboxylic acids is 1. The third-order valence-corrected chi connectivity index (χ3v) is 1.33. The molecule has 0 aliphatic carbocycles. The molecule has 1 N–H and O–H groups in total. The molecule has 0 spiro atoms. The van der Waals surface area contributed by atoms with E-state index in [1.807, 2.05) is 0 Å². The Balaban J connectivity index is 3.47. The summed E-state index contributed by atoms with van der Waals surface area (Å²) in [4.78, 5) is 13.7. The lowest BCUT2D eigenvalue weighted by Gasteiger charge is -1.91. The molecule has 0 atom stereocenters. The van der Waals surface area contributed by atoms with E-state index in [9.17, 15) is 4.79 Å². The third-order valence-electron chi connectivity index (χ3n) is 1.33. The number of rotatable bonds is 2. The van der Waals surface area contributed by atoms with Gasteiger partial charge >= 0.3 is 5.55 Å². The van der Waals surface area contributed by atoms with Crippen LogP contribution in [-0.2, 0) is 0 Å². The average Bonchev–Trinajstić information content (AvgIpc) is 2.46. The predicted molar refractivity (Wildman–Crippen MR) is 36.4 cm³/mol. The maximum absolute atomic E-state index is 10.9. The second-order valence-corrected chi connectivity index (χ2v) is 2.07. The SMILES string of the molecule is COc1[nH]oc(=[N+]=[N-])c1C(C)=O. The number of carbonyl (C=O) groups is 1. The summed E-state index contributed by atoms with van der Waals surface area (Å²) in [5.74, 6) is -0.153. The number of nitrogens with zero attached hydrogens (tertiary/aromatic N) is 2. The van der Waals surface area contributed by atoms with E-state index in [-0.39, 0.29) is 22.8 Å². The molecule has 6 heteroatoms. The lowest BCUT2D eigenvalue weighted by Crippen LogP contribution is -2.10. The summed E-state index contributed by atoms with van der Waals surface area (Å²) in [5, 5.41) is 2.28. The standard InChI is InChI=1S/C6H7N3O3/c1-3(10)4-5(8-7)12-9-6(4)11-2/h9H,1-2H3. The summed E-state index contributed by atoms with van der Waals surface area (Å²) in [7, 11) is 1.37. The van der Waals surface area contributed by atoms with E-state index in [1.54, 1.807) is 0 Å². The summed E-state index contributed by atoms with van der Waals surface area (Å²) in [6, 6.07) is 0. The molecule has 1 aromatic heterocycles. The van der Waals surface area contributed by atoms with Crippen LogP contribution < -0.4 is 10.3 Å². The van der Waals surface area contributed by atoms with Gasteiger partial charge < -0.3 is 14.8 Å². The van der Waals surface area contributed by atoms with Crippen LogP contribution in [0.4, 0.5) is 0 Å². The molecule has 1 heterocycles. The number of nitrogens with one attached hydrogen (secondary N) is 1. The second kappa shape index (κ2) is 3.06. The Bertz CT molecular complexity index is 383. The van der Waals surface area contributed by atoms with Crippen LogP contribution in [0.1, 0.15) is 17.3 Å². The van der Waals surface area contributed by atoms with E-state index in [4.69, 9.17) is 10.3 Å². The van der Waals surface area contributed by atoms with Crippen molar-refractivity contribution in [3.05, 3.63) is 16.6 Å². The van der Waals surface area contributed by atoms with Crippen LogP contribution in [-0.4, -0.2) is 22.8 Å². The molecule has 0 aliphatic heterocycles. The molecule has 0 aliphatic rings. The van der Waals surface area contributed by atoms with Crippen molar-refractivity contribution in [2.24, 2.45) is 0 Å². The molecule has 0 unspecified atom stereocenters. The molecule has 0 aromatic carbocycles. The van der Waals surface area contributed by atoms with Crippen molar-refractivity contribution in [2.75, 3.05) is 7.11 Å². The van der Waals surface area contributed by atoms with Crippen molar-refractivity contribution >= 4 is 5.78 Å². The summed E-state index contributed by atoms with van der Waals surface area (Å²) in [5.41, 5.74) is 8.30. The van der Waals surface area contributed by atoms with Gasteiger partial charge in [-0.05, 0) is 6.92 Å². The highest BCUT2D eigenvalue weighted by atomic mass is 16.5. The van der Waals surface area contributed by atoms with Gasteiger partial charge in [0.2, 0.25) is 11.4 Å². The molecule has 1 rings (SSSR count). The molecule has 0 saturated heterocycles. The van der Waals surface area contributed by atoms with Gasteiger partial charge in [0, 0.05) is 0 Å². The van der Waals surface area contributed by atoms with E-state index in [2.05, 4.69) is 14.5 Å². The predicted octanol–water partition coefficient (Wildman–Crippen LogP) is -0.0506. The van der Waals surface area contributed by atoms with Crippen molar-refractivity contribution in [1.82, 2.24) is 5.16 Å². The lowest BCUT2D eigenvalue weighted by molar-refractivity contribution is -0.102. The molecule has 12 heavy (non-hydrogen) atoms. The smallest absolute Gasteiger partial charge is 0.480 e. The highest BCUT2D eigenvalue weighted by Gasteiger charge is 2.20. The average molecular weight is 169 g/mol. The van der Waals surface area contributed by atoms with E-state index in [0.29, 0.717) is 0 Å². The normalized spacial score (nSPS) is 9.17. The second-order valence-electron chi connectivity index (χ2n) is 2.07. The fourth-order valence-electron chi connectivity index (χ4n) is 0.818. The first-order valence-corrected chi connectivity index (χ1v) is 3.15. The fraction of sp³-hybridized carbons (Fsp3) is 0.333. The minimum absolute atomic E-state index is 0.0972. The van der Waals surface area contributed by atoms with Crippen LogP contribution >= 0.6 is 0 Å². The topological polar surface area (TPSA) is 91.6 Å². The van der Waals surface area contributed by atoms with Gasteiger partial charge in [0.1, 0.15) is 0 Å². The van der Waals surface area contributed by atoms with Gasteiger partial charge in [-0.2, -0.15) is 5.16 Å². The van der Waals surface area contributed by atoms with Crippen molar-refractivity contribution < 1.29 is 18.8 Å². The van der Waals surface area contributed by atoms with Crippen LogP contribution in [0.25, 0.3) is 5.53 Å². The first-order valence-electron chi connectivity index (χ1n) is 3.15. The molecule has 0 bridgehead atoms. The quantitative estimate of drug-likeness (QED) is 0.382. The minimum Gasteiger partial charge on any atom is -0.480 e. The minimum atomic E-state index is -0.301. The Morgan fingerprint density at radius 3 is 2.83 bits per heavy atom. The first kappa shape index (κ1) is 8.29. The number of methoxy groups -OCH3 is 1. The zero-order valence-corrected chi connectivity index (χ0v) is 6.62. The van der Waals surface area contributed by atoms with E-state index in [0.717, 1.165) is 0 Å². The fourth-order valence-corrected chi connectivity index (χ4v) is 0.818. The van der Waals surface area contributed by atoms with E-state index < -0.39 is 0 Å². The Morgan fingerprint density at radius 2 is 2.42 bits per heavy atom. The van der Waals surface area contributed by atoms with Crippen molar-refractivity contribution in [2.45, 2.75) is 6.92 Å². The van der Waals surface area contributed by atoms with Crippen LogP contribution in [0.2, 0.25) is 0 Å². The maximum atomic E-state index is 10.9. The van der Waals surface area contributed by atoms with Crippen LogP contribution in [0, 0.1) is 0 Å².